The Morgan fingerprint density at radius 1 is 1.22 bits per heavy atom. The summed E-state index contributed by atoms with van der Waals surface area (Å²) >= 11 is 9.52. The van der Waals surface area contributed by atoms with Gasteiger partial charge in [0.25, 0.3) is 0 Å². The quantitative estimate of drug-likeness (QED) is 0.564. The van der Waals surface area contributed by atoms with Gasteiger partial charge in [-0.25, -0.2) is 4.79 Å². The van der Waals surface area contributed by atoms with Crippen LogP contribution in [0.25, 0.3) is 0 Å². The molecule has 3 rings (SSSR count). The molecule has 6 heteroatoms. The summed E-state index contributed by atoms with van der Waals surface area (Å²) in [7, 11) is 1.61. The number of carbonyl (C=O) groups excluding carboxylic acids is 1. The number of ether oxygens (including phenoxy) is 1. The van der Waals surface area contributed by atoms with Gasteiger partial charge in [-0.2, -0.15) is 0 Å². The second-order valence-corrected chi connectivity index (χ2v) is 6.26. The number of halogens is 2. The molecule has 0 fully saturated rings. The minimum absolute atomic E-state index is 0.290. The second kappa shape index (κ2) is 6.72. The number of fused-ring (bicyclic) bond motifs is 1. The largest absolute Gasteiger partial charge is 0.496 e. The van der Waals surface area contributed by atoms with Crippen LogP contribution in [0, 0.1) is 0 Å². The Kier molecular flexibility index (Phi) is 4.68. The van der Waals surface area contributed by atoms with Crippen molar-refractivity contribution < 1.29 is 14.4 Å². The molecule has 0 aliphatic heterocycles. The lowest BCUT2D eigenvalue weighted by Gasteiger charge is -2.09. The van der Waals surface area contributed by atoms with Gasteiger partial charge in [0, 0.05) is 10.0 Å². The maximum Gasteiger partial charge on any atom is 0.367 e. The highest BCUT2D eigenvalue weighted by atomic mass is 79.9. The lowest BCUT2D eigenvalue weighted by molar-refractivity contribution is 0.0516. The number of carbonyl (C=O) groups is 1. The fourth-order valence-electron chi connectivity index (χ4n) is 2.56. The molecule has 0 radical (unpaired) electrons. The Labute approximate surface area is 147 Å². The van der Waals surface area contributed by atoms with Gasteiger partial charge in [-0.3, -0.25) is 0 Å². The molecule has 0 atom stereocenters. The molecule has 0 heterocycles. The third kappa shape index (κ3) is 3.12. The predicted octanol–water partition coefficient (Wildman–Crippen LogP) is 4.62. The van der Waals surface area contributed by atoms with Crippen molar-refractivity contribution in [1.29, 1.82) is 0 Å². The molecular formula is C17H13BrClNO3. The van der Waals surface area contributed by atoms with Crippen LogP contribution < -0.4 is 4.74 Å². The summed E-state index contributed by atoms with van der Waals surface area (Å²) in [6.45, 7) is 0. The van der Waals surface area contributed by atoms with Crippen LogP contribution in [-0.2, 0) is 11.3 Å². The highest BCUT2D eigenvalue weighted by Gasteiger charge is 2.25. The van der Waals surface area contributed by atoms with Crippen molar-refractivity contribution in [1.82, 2.24) is 0 Å². The molecule has 0 unspecified atom stereocenters. The topological polar surface area (TPSA) is 47.9 Å². The molecule has 0 bridgehead atoms. The zero-order valence-corrected chi connectivity index (χ0v) is 14.6. The van der Waals surface area contributed by atoms with Crippen molar-refractivity contribution in [2.45, 2.75) is 12.8 Å². The number of benzene rings is 2. The Morgan fingerprint density at radius 2 is 2.00 bits per heavy atom. The van der Waals surface area contributed by atoms with E-state index in [1.54, 1.807) is 31.4 Å². The van der Waals surface area contributed by atoms with Gasteiger partial charge < -0.3 is 9.57 Å². The Bertz CT molecular complexity index is 804. The highest BCUT2D eigenvalue weighted by Crippen LogP contribution is 2.36. The summed E-state index contributed by atoms with van der Waals surface area (Å²) in [5.74, 6) is 0.138. The molecule has 2 aromatic rings. The number of nitrogens with zero attached hydrogens (tertiary/aromatic N) is 1. The van der Waals surface area contributed by atoms with Gasteiger partial charge in [0.15, 0.2) is 0 Å². The molecule has 23 heavy (non-hydrogen) atoms. The van der Waals surface area contributed by atoms with E-state index in [9.17, 15) is 4.79 Å². The summed E-state index contributed by atoms with van der Waals surface area (Å²) in [6.07, 6.45) is 1.50. The summed E-state index contributed by atoms with van der Waals surface area (Å²) in [5.41, 5.74) is 2.97. The Hall–Kier alpha value is -1.85. The molecule has 1 aliphatic carbocycles. The normalized spacial score (nSPS) is 14.7. The fourth-order valence-corrected chi connectivity index (χ4v) is 3.31. The van der Waals surface area contributed by atoms with E-state index < -0.39 is 5.97 Å². The molecule has 4 nitrogen and oxygen atoms in total. The summed E-state index contributed by atoms with van der Waals surface area (Å²) in [5, 5.41) is 4.38. The van der Waals surface area contributed by atoms with Crippen molar-refractivity contribution >= 4 is 39.2 Å². The van der Waals surface area contributed by atoms with Gasteiger partial charge in [-0.05, 0) is 42.7 Å². The van der Waals surface area contributed by atoms with Gasteiger partial charge >= 0.3 is 5.97 Å². The molecule has 0 spiro atoms. The first kappa shape index (κ1) is 16.0. The molecular weight excluding hydrogens is 382 g/mol. The van der Waals surface area contributed by atoms with E-state index in [1.807, 2.05) is 12.1 Å². The molecule has 0 amide bonds. The van der Waals surface area contributed by atoms with Crippen LogP contribution in [0.4, 0.5) is 0 Å². The van der Waals surface area contributed by atoms with Crippen LogP contribution in [0.15, 0.2) is 46.0 Å². The van der Waals surface area contributed by atoms with E-state index in [4.69, 9.17) is 21.2 Å². The van der Waals surface area contributed by atoms with E-state index in [2.05, 4.69) is 21.1 Å². The number of oxime groups is 1. The van der Waals surface area contributed by atoms with Crippen LogP contribution >= 0.6 is 27.5 Å². The van der Waals surface area contributed by atoms with Crippen LogP contribution in [0.1, 0.15) is 27.9 Å². The SMILES string of the molecule is COc1ccc(Br)c2c1C(=NOC(=O)c1ccccc1Cl)CC2. The third-order valence-electron chi connectivity index (χ3n) is 3.67. The summed E-state index contributed by atoms with van der Waals surface area (Å²) < 4.78 is 6.39. The predicted molar refractivity (Wildman–Crippen MR) is 92.4 cm³/mol. The number of hydrogen-bond donors (Lipinski definition) is 0. The van der Waals surface area contributed by atoms with Crippen molar-refractivity contribution in [3.63, 3.8) is 0 Å². The lowest BCUT2D eigenvalue weighted by Crippen LogP contribution is -2.05. The van der Waals surface area contributed by atoms with Crippen LogP contribution in [0.5, 0.6) is 5.75 Å². The van der Waals surface area contributed by atoms with E-state index >= 15 is 0 Å². The number of hydrogen-bond acceptors (Lipinski definition) is 4. The van der Waals surface area contributed by atoms with Crippen LogP contribution in [0.2, 0.25) is 5.02 Å². The van der Waals surface area contributed by atoms with Crippen molar-refractivity contribution in [3.8, 4) is 5.75 Å². The highest BCUT2D eigenvalue weighted by molar-refractivity contribution is 9.10. The van der Waals surface area contributed by atoms with Gasteiger partial charge in [-0.15, -0.1) is 0 Å². The second-order valence-electron chi connectivity index (χ2n) is 5.00. The smallest absolute Gasteiger partial charge is 0.367 e. The number of methoxy groups -OCH3 is 1. The van der Waals surface area contributed by atoms with Crippen molar-refractivity contribution in [2.75, 3.05) is 7.11 Å². The van der Waals surface area contributed by atoms with Crippen molar-refractivity contribution in [2.24, 2.45) is 5.16 Å². The monoisotopic (exact) mass is 393 g/mol. The van der Waals surface area contributed by atoms with Crippen molar-refractivity contribution in [3.05, 3.63) is 62.6 Å². The number of rotatable bonds is 3. The average Bonchev–Trinajstić information content (AvgIpc) is 2.98. The fraction of sp³-hybridized carbons (Fsp3) is 0.176. The summed E-state index contributed by atoms with van der Waals surface area (Å²) in [4.78, 5) is 17.2. The molecule has 2 aromatic carbocycles. The molecule has 0 aromatic heterocycles. The van der Waals surface area contributed by atoms with E-state index in [-0.39, 0.29) is 5.56 Å². The first-order chi connectivity index (χ1) is 11.1. The minimum atomic E-state index is -0.578. The van der Waals surface area contributed by atoms with Gasteiger partial charge in [0.1, 0.15) is 5.75 Å². The Balaban J connectivity index is 1.88. The molecule has 1 aliphatic rings. The molecule has 0 N–H and O–H groups in total. The van der Waals surface area contributed by atoms with E-state index in [0.717, 1.165) is 22.0 Å². The van der Waals surface area contributed by atoms with Crippen LogP contribution in [0.3, 0.4) is 0 Å². The first-order valence-corrected chi connectivity index (χ1v) is 8.17. The third-order valence-corrected chi connectivity index (χ3v) is 4.74. The van der Waals surface area contributed by atoms with Gasteiger partial charge in [-0.1, -0.05) is 44.8 Å². The molecule has 118 valence electrons. The van der Waals surface area contributed by atoms with Gasteiger partial charge in [0.05, 0.1) is 23.4 Å². The lowest BCUT2D eigenvalue weighted by atomic mass is 10.1. The van der Waals surface area contributed by atoms with Crippen LogP contribution in [-0.4, -0.2) is 18.8 Å². The average molecular weight is 395 g/mol. The molecule has 0 saturated heterocycles. The Morgan fingerprint density at radius 3 is 2.74 bits per heavy atom. The first-order valence-electron chi connectivity index (χ1n) is 7.00. The molecule has 0 saturated carbocycles. The van der Waals surface area contributed by atoms with Gasteiger partial charge in [0.2, 0.25) is 0 Å². The maximum atomic E-state index is 12.1. The standard InChI is InChI=1S/C17H13BrClNO3/c1-22-15-9-7-12(18)10-6-8-14(16(10)15)20-23-17(21)11-4-2-3-5-13(11)19/h2-5,7,9H,6,8H2,1H3. The zero-order valence-electron chi connectivity index (χ0n) is 12.3. The van der Waals surface area contributed by atoms with E-state index in [0.29, 0.717) is 22.9 Å². The van der Waals surface area contributed by atoms with E-state index in [1.165, 1.54) is 0 Å². The zero-order chi connectivity index (χ0) is 16.4. The summed E-state index contributed by atoms with van der Waals surface area (Å²) in [6, 6.07) is 10.5. The maximum absolute atomic E-state index is 12.1. The minimum Gasteiger partial charge on any atom is -0.496 e.